The van der Waals surface area contributed by atoms with Crippen LogP contribution in [0.15, 0.2) is 10.4 Å². The molecule has 0 spiro atoms. The van der Waals surface area contributed by atoms with E-state index in [0.717, 1.165) is 37.5 Å². The molecule has 27 heavy (non-hydrogen) atoms. The summed E-state index contributed by atoms with van der Waals surface area (Å²) in [5, 5.41) is 6.56. The third-order valence-electron chi connectivity index (χ3n) is 4.61. The van der Waals surface area contributed by atoms with E-state index in [2.05, 4.69) is 20.7 Å². The molecule has 1 saturated heterocycles. The van der Waals surface area contributed by atoms with E-state index >= 15 is 0 Å². The van der Waals surface area contributed by atoms with Crippen molar-refractivity contribution in [1.29, 1.82) is 0 Å². The number of guanidine groups is 1. The Labute approximate surface area is 180 Å². The van der Waals surface area contributed by atoms with Gasteiger partial charge in [-0.25, -0.2) is 4.98 Å². The van der Waals surface area contributed by atoms with Crippen molar-refractivity contribution in [1.82, 2.24) is 20.1 Å². The average Bonchev–Trinajstić information content (AvgIpc) is 3.02. The monoisotopic (exact) mass is 519 g/mol. The van der Waals surface area contributed by atoms with Crippen LogP contribution in [0.4, 0.5) is 13.2 Å². The lowest BCUT2D eigenvalue weighted by molar-refractivity contribution is -0.181. The van der Waals surface area contributed by atoms with E-state index in [-0.39, 0.29) is 24.0 Å². The highest BCUT2D eigenvalue weighted by Crippen LogP contribution is 2.25. The van der Waals surface area contributed by atoms with Gasteiger partial charge in [0.25, 0.3) is 0 Å². The molecule has 1 N–H and O–H groups in total. The predicted octanol–water partition coefficient (Wildman–Crippen LogP) is 3.54. The van der Waals surface area contributed by atoms with E-state index in [9.17, 15) is 13.2 Å². The van der Waals surface area contributed by atoms with Gasteiger partial charge in [0.2, 0.25) is 0 Å². The second-order valence-corrected chi connectivity index (χ2v) is 7.50. The summed E-state index contributed by atoms with van der Waals surface area (Å²) in [5.74, 6) is 0.773. The molecule has 2 heterocycles. The minimum atomic E-state index is -4.17. The zero-order chi connectivity index (χ0) is 19.2. The molecule has 10 heteroatoms. The van der Waals surface area contributed by atoms with Gasteiger partial charge < -0.3 is 10.2 Å². The van der Waals surface area contributed by atoms with Gasteiger partial charge in [-0.2, -0.15) is 13.2 Å². The normalized spacial score (nSPS) is 17.6. The van der Waals surface area contributed by atoms with Crippen molar-refractivity contribution in [2.24, 2.45) is 4.99 Å². The van der Waals surface area contributed by atoms with Crippen molar-refractivity contribution >= 4 is 41.3 Å². The Morgan fingerprint density at radius 2 is 1.96 bits per heavy atom. The lowest BCUT2D eigenvalue weighted by Gasteiger charge is -2.39. The van der Waals surface area contributed by atoms with E-state index in [1.807, 2.05) is 11.8 Å². The summed E-state index contributed by atoms with van der Waals surface area (Å²) in [4.78, 5) is 12.2. The number of hydrogen-bond donors (Lipinski definition) is 1. The molecule has 1 aromatic rings. The van der Waals surface area contributed by atoms with Gasteiger partial charge in [-0.05, 0) is 33.1 Å². The molecule has 0 saturated carbocycles. The van der Waals surface area contributed by atoms with E-state index < -0.39 is 12.2 Å². The van der Waals surface area contributed by atoms with Gasteiger partial charge >= 0.3 is 6.18 Å². The first-order valence-electron chi connectivity index (χ1n) is 8.98. The molecule has 1 aliphatic rings. The number of nitrogens with zero attached hydrogens (tertiary/aromatic N) is 4. The second-order valence-electron chi connectivity index (χ2n) is 6.55. The summed E-state index contributed by atoms with van der Waals surface area (Å²) >= 11 is 1.70. The predicted molar refractivity (Wildman–Crippen MR) is 115 cm³/mol. The van der Waals surface area contributed by atoms with Gasteiger partial charge in [0, 0.05) is 50.8 Å². The van der Waals surface area contributed by atoms with E-state index in [0.29, 0.717) is 26.2 Å². The maximum absolute atomic E-state index is 12.8. The van der Waals surface area contributed by atoms with Crippen LogP contribution in [-0.4, -0.2) is 72.7 Å². The number of piperazine rings is 1. The summed E-state index contributed by atoms with van der Waals surface area (Å²) in [5.41, 5.74) is 1.07. The number of aryl methyl sites for hydroxylation is 2. The van der Waals surface area contributed by atoms with Crippen LogP contribution in [0, 0.1) is 6.92 Å². The lowest BCUT2D eigenvalue weighted by atomic mass is 10.2. The Bertz CT molecular complexity index is 585. The molecule has 0 aliphatic carbocycles. The first-order chi connectivity index (χ1) is 12.3. The van der Waals surface area contributed by atoms with Crippen LogP contribution in [-0.2, 0) is 6.42 Å². The van der Waals surface area contributed by atoms with Crippen LogP contribution in [0.1, 0.15) is 30.5 Å². The number of thiazole rings is 1. The summed E-state index contributed by atoms with van der Waals surface area (Å²) in [6.45, 7) is 5.93. The standard InChI is InChI=1S/C17H28F3N5S.HI/c1-13-12-26-15(23-13)6-4-5-7-22-16(21-3)25-10-8-24(9-11-25)14(2)17(18,19)20;/h12,14H,4-11H2,1-3H3,(H,21,22);1H. The van der Waals surface area contributed by atoms with E-state index in [1.165, 1.54) is 16.8 Å². The fourth-order valence-electron chi connectivity index (χ4n) is 2.98. The third-order valence-corrected chi connectivity index (χ3v) is 5.64. The molecule has 2 rings (SSSR count). The molecule has 1 aromatic heterocycles. The number of rotatable bonds is 6. The summed E-state index contributed by atoms with van der Waals surface area (Å²) < 4.78 is 38.5. The van der Waals surface area contributed by atoms with Crippen molar-refractivity contribution in [2.45, 2.75) is 45.3 Å². The van der Waals surface area contributed by atoms with Gasteiger partial charge in [-0.1, -0.05) is 0 Å². The number of nitrogens with one attached hydrogen (secondary N) is 1. The minimum absolute atomic E-state index is 0. The fourth-order valence-corrected chi connectivity index (χ4v) is 3.80. The highest BCUT2D eigenvalue weighted by Gasteiger charge is 2.41. The molecule has 1 atom stereocenters. The zero-order valence-corrected chi connectivity index (χ0v) is 19.2. The van der Waals surface area contributed by atoms with Crippen molar-refractivity contribution in [3.63, 3.8) is 0 Å². The molecule has 1 unspecified atom stereocenters. The summed E-state index contributed by atoms with van der Waals surface area (Å²) in [6, 6.07) is -1.39. The first-order valence-corrected chi connectivity index (χ1v) is 9.86. The van der Waals surface area contributed by atoms with Crippen molar-refractivity contribution in [2.75, 3.05) is 39.8 Å². The molecule has 5 nitrogen and oxygen atoms in total. The van der Waals surface area contributed by atoms with Crippen LogP contribution in [0.25, 0.3) is 0 Å². The Balaban J connectivity index is 0.00000364. The van der Waals surface area contributed by atoms with Crippen LogP contribution >= 0.6 is 35.3 Å². The maximum Gasteiger partial charge on any atom is 0.403 e. The van der Waals surface area contributed by atoms with Crippen LogP contribution in [0.2, 0.25) is 0 Å². The second kappa shape index (κ2) is 11.4. The van der Waals surface area contributed by atoms with Gasteiger partial charge in [0.15, 0.2) is 5.96 Å². The lowest BCUT2D eigenvalue weighted by Crippen LogP contribution is -2.56. The molecular formula is C17H29F3IN5S. The molecule has 0 bridgehead atoms. The van der Waals surface area contributed by atoms with Gasteiger partial charge in [0.05, 0.1) is 5.01 Å². The fraction of sp³-hybridized carbons (Fsp3) is 0.765. The minimum Gasteiger partial charge on any atom is -0.356 e. The molecular weight excluding hydrogens is 490 g/mol. The van der Waals surface area contributed by atoms with Gasteiger partial charge in [0.1, 0.15) is 6.04 Å². The number of unbranched alkanes of at least 4 members (excludes halogenated alkanes) is 1. The Kier molecular flexibility index (Phi) is 10.3. The smallest absolute Gasteiger partial charge is 0.356 e. The number of aliphatic imine (C=N–C) groups is 1. The first kappa shape index (κ1) is 24.4. The molecule has 1 fully saturated rings. The Morgan fingerprint density at radius 1 is 1.30 bits per heavy atom. The molecule has 1 aliphatic heterocycles. The van der Waals surface area contributed by atoms with E-state index in [4.69, 9.17) is 0 Å². The summed E-state index contributed by atoms with van der Waals surface area (Å²) in [6.07, 6.45) is -1.14. The van der Waals surface area contributed by atoms with Crippen LogP contribution < -0.4 is 5.32 Å². The topological polar surface area (TPSA) is 43.8 Å². The largest absolute Gasteiger partial charge is 0.403 e. The molecule has 0 amide bonds. The highest BCUT2D eigenvalue weighted by atomic mass is 127. The average molecular weight is 519 g/mol. The number of halogens is 4. The Morgan fingerprint density at radius 3 is 2.48 bits per heavy atom. The maximum atomic E-state index is 12.8. The third kappa shape index (κ3) is 7.72. The number of aromatic nitrogens is 1. The van der Waals surface area contributed by atoms with Crippen LogP contribution in [0.3, 0.4) is 0 Å². The molecule has 0 radical (unpaired) electrons. The number of hydrogen-bond acceptors (Lipinski definition) is 4. The zero-order valence-electron chi connectivity index (χ0n) is 16.1. The van der Waals surface area contributed by atoms with Crippen LogP contribution in [0.5, 0.6) is 0 Å². The highest BCUT2D eigenvalue weighted by molar-refractivity contribution is 14.0. The van der Waals surface area contributed by atoms with Crippen molar-refractivity contribution < 1.29 is 13.2 Å². The summed E-state index contributed by atoms with van der Waals surface area (Å²) in [7, 11) is 1.71. The Hall–Kier alpha value is -0.620. The van der Waals surface area contributed by atoms with Gasteiger partial charge in [-0.15, -0.1) is 35.3 Å². The quantitative estimate of drug-likeness (QED) is 0.271. The van der Waals surface area contributed by atoms with Crippen molar-refractivity contribution in [3.8, 4) is 0 Å². The molecule has 156 valence electrons. The van der Waals surface area contributed by atoms with E-state index in [1.54, 1.807) is 18.4 Å². The van der Waals surface area contributed by atoms with Gasteiger partial charge in [-0.3, -0.25) is 9.89 Å². The van der Waals surface area contributed by atoms with Crippen molar-refractivity contribution in [3.05, 3.63) is 16.1 Å². The molecule has 0 aromatic carbocycles. The SMILES string of the molecule is CN=C(NCCCCc1nc(C)cs1)N1CCN(C(C)C(F)(F)F)CC1.I. The number of alkyl halides is 3.